The molecule has 1 fully saturated rings. The molecule has 29 heavy (non-hydrogen) atoms. The first-order chi connectivity index (χ1) is 14.0. The number of rotatable bonds is 7. The summed E-state index contributed by atoms with van der Waals surface area (Å²) < 4.78 is 15.8. The third-order valence-corrected chi connectivity index (χ3v) is 4.85. The number of carbonyl (C=O) groups excluding carboxylic acids is 2. The molecule has 0 bridgehead atoms. The van der Waals surface area contributed by atoms with Crippen molar-refractivity contribution >= 4 is 17.4 Å². The number of hydrogen-bond acceptors (Lipinski definition) is 6. The SMILES string of the molecule is COCCN1C(=O)C(=O)C(=C(O)c2ccccc2)[C@@H]1c1ccc(OC)c(OC)c1. The lowest BCUT2D eigenvalue weighted by atomic mass is 9.95. The van der Waals surface area contributed by atoms with Gasteiger partial charge in [0.25, 0.3) is 11.7 Å². The highest BCUT2D eigenvalue weighted by Crippen LogP contribution is 2.41. The monoisotopic (exact) mass is 397 g/mol. The molecule has 1 saturated heterocycles. The first-order valence-electron chi connectivity index (χ1n) is 9.08. The summed E-state index contributed by atoms with van der Waals surface area (Å²) in [5.41, 5.74) is 1.11. The second-order valence-electron chi connectivity index (χ2n) is 6.47. The zero-order valence-electron chi connectivity index (χ0n) is 16.5. The van der Waals surface area contributed by atoms with Crippen molar-refractivity contribution in [1.82, 2.24) is 4.90 Å². The molecule has 1 atom stereocenters. The van der Waals surface area contributed by atoms with Gasteiger partial charge in [-0.1, -0.05) is 36.4 Å². The Morgan fingerprint density at radius 3 is 2.31 bits per heavy atom. The molecule has 7 heteroatoms. The summed E-state index contributed by atoms with van der Waals surface area (Å²) in [5.74, 6) is -0.652. The van der Waals surface area contributed by atoms with Crippen molar-refractivity contribution in [2.75, 3.05) is 34.5 Å². The van der Waals surface area contributed by atoms with Gasteiger partial charge in [-0.15, -0.1) is 0 Å². The van der Waals surface area contributed by atoms with E-state index in [4.69, 9.17) is 14.2 Å². The van der Waals surface area contributed by atoms with Crippen LogP contribution in [0, 0.1) is 0 Å². The van der Waals surface area contributed by atoms with Crippen LogP contribution < -0.4 is 9.47 Å². The molecular formula is C22H23NO6. The van der Waals surface area contributed by atoms with Gasteiger partial charge in [0.05, 0.1) is 32.4 Å². The van der Waals surface area contributed by atoms with E-state index >= 15 is 0 Å². The van der Waals surface area contributed by atoms with E-state index in [9.17, 15) is 14.7 Å². The second kappa shape index (κ2) is 8.79. The lowest BCUT2D eigenvalue weighted by Gasteiger charge is -2.25. The largest absolute Gasteiger partial charge is 0.507 e. The number of amides is 1. The molecular weight excluding hydrogens is 374 g/mol. The molecule has 0 radical (unpaired) electrons. The lowest BCUT2D eigenvalue weighted by Crippen LogP contribution is -2.32. The maximum absolute atomic E-state index is 12.8. The van der Waals surface area contributed by atoms with Gasteiger partial charge in [0.2, 0.25) is 0 Å². The van der Waals surface area contributed by atoms with Crippen molar-refractivity contribution in [3.05, 3.63) is 65.2 Å². The second-order valence-corrected chi connectivity index (χ2v) is 6.47. The van der Waals surface area contributed by atoms with Gasteiger partial charge in [0, 0.05) is 19.2 Å². The molecule has 0 saturated carbocycles. The van der Waals surface area contributed by atoms with Gasteiger partial charge in [0.1, 0.15) is 5.76 Å². The topological polar surface area (TPSA) is 85.3 Å². The standard InChI is InChI=1S/C22H23NO6/c1-27-12-11-23-19(15-9-10-16(28-2)17(13-15)29-3)18(21(25)22(23)26)20(24)14-7-5-4-6-8-14/h4-10,13,19,24H,11-12H2,1-3H3/t19-/m0/s1. The van der Waals surface area contributed by atoms with Crippen molar-refractivity contribution in [2.45, 2.75) is 6.04 Å². The van der Waals surface area contributed by atoms with Crippen molar-refractivity contribution in [3.8, 4) is 11.5 Å². The maximum Gasteiger partial charge on any atom is 0.295 e. The van der Waals surface area contributed by atoms with Crippen LogP contribution in [0.5, 0.6) is 11.5 Å². The number of ether oxygens (including phenoxy) is 3. The molecule has 2 aromatic rings. The van der Waals surface area contributed by atoms with Gasteiger partial charge < -0.3 is 24.2 Å². The van der Waals surface area contributed by atoms with Crippen LogP contribution in [-0.4, -0.2) is 56.2 Å². The zero-order chi connectivity index (χ0) is 21.0. The van der Waals surface area contributed by atoms with Gasteiger partial charge >= 0.3 is 0 Å². The number of carbonyl (C=O) groups is 2. The fourth-order valence-electron chi connectivity index (χ4n) is 3.42. The molecule has 1 aliphatic heterocycles. The number of benzene rings is 2. The fourth-order valence-corrected chi connectivity index (χ4v) is 3.42. The Bertz CT molecular complexity index is 938. The predicted molar refractivity (Wildman–Crippen MR) is 107 cm³/mol. The summed E-state index contributed by atoms with van der Waals surface area (Å²) in [6, 6.07) is 13.1. The van der Waals surface area contributed by atoms with Gasteiger partial charge in [0.15, 0.2) is 11.5 Å². The van der Waals surface area contributed by atoms with E-state index < -0.39 is 17.7 Å². The summed E-state index contributed by atoms with van der Waals surface area (Å²) in [6.07, 6.45) is 0. The summed E-state index contributed by atoms with van der Waals surface area (Å²) in [7, 11) is 4.55. The molecule has 0 unspecified atom stereocenters. The summed E-state index contributed by atoms with van der Waals surface area (Å²) in [5, 5.41) is 10.9. The highest BCUT2D eigenvalue weighted by Gasteiger charge is 2.46. The normalized spacial score (nSPS) is 18.2. The Labute approximate surface area is 169 Å². The van der Waals surface area contributed by atoms with Crippen LogP contribution in [0.3, 0.4) is 0 Å². The highest BCUT2D eigenvalue weighted by molar-refractivity contribution is 6.46. The number of ketones is 1. The summed E-state index contributed by atoms with van der Waals surface area (Å²) in [6.45, 7) is 0.452. The van der Waals surface area contributed by atoms with Crippen molar-refractivity contribution in [2.24, 2.45) is 0 Å². The zero-order valence-corrected chi connectivity index (χ0v) is 16.5. The number of aliphatic hydroxyl groups is 1. The minimum Gasteiger partial charge on any atom is -0.507 e. The van der Waals surface area contributed by atoms with Crippen LogP contribution in [0.25, 0.3) is 5.76 Å². The Morgan fingerprint density at radius 2 is 1.69 bits per heavy atom. The van der Waals surface area contributed by atoms with Gasteiger partial charge in [-0.05, 0) is 17.7 Å². The van der Waals surface area contributed by atoms with Crippen LogP contribution in [0.1, 0.15) is 17.2 Å². The van der Waals surface area contributed by atoms with Crippen molar-refractivity contribution < 1.29 is 28.9 Å². The van der Waals surface area contributed by atoms with Crippen LogP contribution in [0.4, 0.5) is 0 Å². The molecule has 0 aliphatic carbocycles. The quantitative estimate of drug-likeness (QED) is 0.439. The first kappa shape index (κ1) is 20.4. The average molecular weight is 397 g/mol. The van der Waals surface area contributed by atoms with Crippen LogP contribution in [-0.2, 0) is 14.3 Å². The predicted octanol–water partition coefficient (Wildman–Crippen LogP) is 2.77. The Morgan fingerprint density at radius 1 is 1.00 bits per heavy atom. The summed E-state index contributed by atoms with van der Waals surface area (Å²) >= 11 is 0. The molecule has 0 aromatic heterocycles. The molecule has 2 aromatic carbocycles. The Balaban J connectivity index is 2.18. The van der Waals surface area contributed by atoms with Gasteiger partial charge in [-0.3, -0.25) is 9.59 Å². The van der Waals surface area contributed by atoms with E-state index in [1.165, 1.54) is 26.2 Å². The van der Waals surface area contributed by atoms with E-state index in [2.05, 4.69) is 0 Å². The number of likely N-dealkylation sites (tertiary alicyclic amines) is 1. The minimum atomic E-state index is -0.773. The number of nitrogens with zero attached hydrogens (tertiary/aromatic N) is 1. The molecule has 1 N–H and O–H groups in total. The molecule has 0 spiro atoms. The Hall–Kier alpha value is -3.32. The smallest absolute Gasteiger partial charge is 0.295 e. The van der Waals surface area contributed by atoms with E-state index in [-0.39, 0.29) is 24.5 Å². The van der Waals surface area contributed by atoms with Crippen LogP contribution in [0.2, 0.25) is 0 Å². The lowest BCUT2D eigenvalue weighted by molar-refractivity contribution is -0.140. The number of aliphatic hydroxyl groups excluding tert-OH is 1. The first-order valence-corrected chi connectivity index (χ1v) is 9.08. The van der Waals surface area contributed by atoms with E-state index in [0.29, 0.717) is 22.6 Å². The molecule has 152 valence electrons. The van der Waals surface area contributed by atoms with Crippen molar-refractivity contribution in [3.63, 3.8) is 0 Å². The molecule has 1 aliphatic rings. The highest BCUT2D eigenvalue weighted by atomic mass is 16.5. The third-order valence-electron chi connectivity index (χ3n) is 4.85. The number of hydrogen-bond donors (Lipinski definition) is 1. The van der Waals surface area contributed by atoms with Gasteiger partial charge in [-0.25, -0.2) is 0 Å². The molecule has 3 rings (SSSR count). The van der Waals surface area contributed by atoms with E-state index in [0.717, 1.165) is 0 Å². The number of methoxy groups -OCH3 is 3. The molecule has 1 heterocycles. The summed E-state index contributed by atoms with van der Waals surface area (Å²) in [4.78, 5) is 27.0. The minimum absolute atomic E-state index is 0.0320. The molecule has 7 nitrogen and oxygen atoms in total. The fraction of sp³-hybridized carbons (Fsp3) is 0.273. The Kier molecular flexibility index (Phi) is 6.19. The molecule has 1 amide bonds. The van der Waals surface area contributed by atoms with Gasteiger partial charge in [-0.2, -0.15) is 0 Å². The van der Waals surface area contributed by atoms with E-state index in [1.54, 1.807) is 48.5 Å². The maximum atomic E-state index is 12.8. The van der Waals surface area contributed by atoms with Crippen LogP contribution >= 0.6 is 0 Å². The van der Waals surface area contributed by atoms with Crippen molar-refractivity contribution in [1.29, 1.82) is 0 Å². The number of Topliss-reactive ketones (excluding diaryl/α,β-unsaturated/α-hetero) is 1. The van der Waals surface area contributed by atoms with Crippen LogP contribution in [0.15, 0.2) is 54.1 Å². The average Bonchev–Trinajstić information content (AvgIpc) is 3.01. The van der Waals surface area contributed by atoms with E-state index in [1.807, 2.05) is 0 Å². The third kappa shape index (κ3) is 3.82.